The van der Waals surface area contributed by atoms with Crippen LogP contribution in [0.2, 0.25) is 0 Å². The van der Waals surface area contributed by atoms with Crippen molar-refractivity contribution in [1.82, 2.24) is 24.3 Å². The smallest absolute Gasteiger partial charge is 0.264 e. The van der Waals surface area contributed by atoms with Gasteiger partial charge in [0.05, 0.1) is 23.3 Å². The third-order valence-corrected chi connectivity index (χ3v) is 4.41. The molecule has 4 rings (SSSR count). The summed E-state index contributed by atoms with van der Waals surface area (Å²) in [6.07, 6.45) is 6.78. The molecule has 0 aliphatic heterocycles. The molecule has 7 heteroatoms. The van der Waals surface area contributed by atoms with Crippen LogP contribution < -0.4 is 5.69 Å². The first-order chi connectivity index (χ1) is 11.8. The lowest BCUT2D eigenvalue weighted by atomic mass is 10.3. The molecule has 24 heavy (non-hydrogen) atoms. The van der Waals surface area contributed by atoms with Gasteiger partial charge < -0.3 is 0 Å². The fourth-order valence-electron chi connectivity index (χ4n) is 2.46. The van der Waals surface area contributed by atoms with Crippen molar-refractivity contribution in [1.29, 1.82) is 0 Å². The first kappa shape index (κ1) is 14.5. The monoisotopic (exact) mass is 335 g/mol. The van der Waals surface area contributed by atoms with Crippen LogP contribution >= 0.6 is 11.3 Å². The van der Waals surface area contributed by atoms with Crippen molar-refractivity contribution in [3.8, 4) is 16.4 Å². The summed E-state index contributed by atoms with van der Waals surface area (Å²) in [7, 11) is 0. The maximum atomic E-state index is 12.9. The predicted octanol–water partition coefficient (Wildman–Crippen LogP) is 2.60. The maximum Gasteiger partial charge on any atom is 0.351 e. The minimum absolute atomic E-state index is 0.199. The summed E-state index contributed by atoms with van der Waals surface area (Å²) in [6.45, 7) is 0.373. The zero-order valence-corrected chi connectivity index (χ0v) is 13.4. The average Bonchev–Trinajstić information content (AvgIpc) is 3.26. The Bertz CT molecular complexity index is 991. The normalized spacial score (nSPS) is 10.8. The van der Waals surface area contributed by atoms with Crippen molar-refractivity contribution in [2.45, 2.75) is 6.54 Å². The molecule has 4 heterocycles. The van der Waals surface area contributed by atoms with Crippen LogP contribution in [0.3, 0.4) is 0 Å². The number of rotatable bonds is 4. The lowest BCUT2D eigenvalue weighted by Crippen LogP contribution is -2.24. The number of nitrogens with zero attached hydrogens (tertiary/aromatic N) is 5. The summed E-state index contributed by atoms with van der Waals surface area (Å²) in [4.78, 5) is 22.0. The van der Waals surface area contributed by atoms with Gasteiger partial charge in [-0.25, -0.2) is 14.0 Å². The molecule has 6 nitrogen and oxygen atoms in total. The molecule has 0 amide bonds. The first-order valence-electron chi connectivity index (χ1n) is 7.36. The summed E-state index contributed by atoms with van der Waals surface area (Å²) in [5.41, 5.74) is 1.42. The van der Waals surface area contributed by atoms with Crippen molar-refractivity contribution < 1.29 is 0 Å². The SMILES string of the molecule is O=c1n(Cc2cccnc2)nc(-c2cccs2)n1-c1cccnc1. The van der Waals surface area contributed by atoms with E-state index in [4.69, 9.17) is 0 Å². The fraction of sp³-hybridized carbons (Fsp3) is 0.0588. The second-order valence-electron chi connectivity index (χ2n) is 5.15. The van der Waals surface area contributed by atoms with E-state index in [1.165, 1.54) is 4.68 Å². The average molecular weight is 335 g/mol. The molecule has 0 aliphatic carbocycles. The van der Waals surface area contributed by atoms with E-state index in [2.05, 4.69) is 15.1 Å². The van der Waals surface area contributed by atoms with Crippen molar-refractivity contribution in [2.75, 3.05) is 0 Å². The number of hydrogen-bond acceptors (Lipinski definition) is 5. The molecule has 0 N–H and O–H groups in total. The Kier molecular flexibility index (Phi) is 3.76. The van der Waals surface area contributed by atoms with Gasteiger partial charge in [0, 0.05) is 18.6 Å². The largest absolute Gasteiger partial charge is 0.351 e. The Morgan fingerprint density at radius 3 is 2.50 bits per heavy atom. The van der Waals surface area contributed by atoms with Gasteiger partial charge in [-0.15, -0.1) is 16.4 Å². The Balaban J connectivity index is 1.87. The van der Waals surface area contributed by atoms with Gasteiger partial charge in [0.15, 0.2) is 5.82 Å². The van der Waals surface area contributed by atoms with E-state index in [0.29, 0.717) is 18.1 Å². The van der Waals surface area contributed by atoms with Crippen LogP contribution in [0.1, 0.15) is 5.56 Å². The highest BCUT2D eigenvalue weighted by molar-refractivity contribution is 7.13. The lowest BCUT2D eigenvalue weighted by Gasteiger charge is -2.02. The molecule has 4 aromatic heterocycles. The summed E-state index contributed by atoms with van der Waals surface area (Å²) in [5, 5.41) is 6.51. The highest BCUT2D eigenvalue weighted by Crippen LogP contribution is 2.23. The molecule has 0 fully saturated rings. The van der Waals surface area contributed by atoms with E-state index in [9.17, 15) is 4.79 Å². The molecule has 0 bridgehead atoms. The van der Waals surface area contributed by atoms with Crippen LogP contribution in [-0.4, -0.2) is 24.3 Å². The van der Waals surface area contributed by atoms with E-state index in [1.807, 2.05) is 35.7 Å². The van der Waals surface area contributed by atoms with E-state index in [1.54, 1.807) is 46.8 Å². The molecular weight excluding hydrogens is 322 g/mol. The lowest BCUT2D eigenvalue weighted by molar-refractivity contribution is 0.652. The van der Waals surface area contributed by atoms with Gasteiger partial charge in [0.1, 0.15) is 0 Å². The summed E-state index contributed by atoms with van der Waals surface area (Å²) >= 11 is 1.54. The molecule has 0 unspecified atom stereocenters. The van der Waals surface area contributed by atoms with E-state index < -0.39 is 0 Å². The molecule has 0 aromatic carbocycles. The Hall–Kier alpha value is -3.06. The van der Waals surface area contributed by atoms with Gasteiger partial charge in [-0.1, -0.05) is 12.1 Å². The zero-order chi connectivity index (χ0) is 16.4. The van der Waals surface area contributed by atoms with Crippen molar-refractivity contribution >= 4 is 11.3 Å². The van der Waals surface area contributed by atoms with E-state index in [0.717, 1.165) is 10.4 Å². The van der Waals surface area contributed by atoms with Crippen molar-refractivity contribution in [3.05, 3.63) is 82.6 Å². The topological polar surface area (TPSA) is 65.6 Å². The standard InChI is InChI=1S/C17H13N5OS/c23-17-21(12-13-4-1-7-18-10-13)20-16(15-6-3-9-24-15)22(17)14-5-2-8-19-11-14/h1-11H,12H2. The van der Waals surface area contributed by atoms with Crippen LogP contribution in [0, 0.1) is 0 Å². The molecule has 4 aromatic rings. The molecule has 0 spiro atoms. The minimum Gasteiger partial charge on any atom is -0.264 e. The Labute approximate surface area is 141 Å². The second kappa shape index (κ2) is 6.21. The van der Waals surface area contributed by atoms with Crippen molar-refractivity contribution in [3.63, 3.8) is 0 Å². The summed E-state index contributed by atoms with van der Waals surface area (Å²) < 4.78 is 3.05. The van der Waals surface area contributed by atoms with E-state index in [-0.39, 0.29) is 5.69 Å². The van der Waals surface area contributed by atoms with Crippen LogP contribution in [-0.2, 0) is 6.54 Å². The molecule has 0 saturated heterocycles. The molecular formula is C17H13N5OS. The molecule has 0 saturated carbocycles. The zero-order valence-electron chi connectivity index (χ0n) is 12.6. The van der Waals surface area contributed by atoms with Gasteiger partial charge in [-0.3, -0.25) is 9.97 Å². The highest BCUT2D eigenvalue weighted by Gasteiger charge is 2.17. The predicted molar refractivity (Wildman–Crippen MR) is 92.3 cm³/mol. The molecule has 118 valence electrons. The van der Waals surface area contributed by atoms with Crippen molar-refractivity contribution in [2.24, 2.45) is 0 Å². The second-order valence-corrected chi connectivity index (χ2v) is 6.10. The van der Waals surface area contributed by atoms with Gasteiger partial charge in [0.2, 0.25) is 0 Å². The molecule has 0 aliphatic rings. The third kappa shape index (κ3) is 2.65. The van der Waals surface area contributed by atoms with E-state index >= 15 is 0 Å². The Morgan fingerprint density at radius 1 is 1.00 bits per heavy atom. The molecule has 0 radical (unpaired) electrons. The number of thiophene rings is 1. The van der Waals surface area contributed by atoms with Crippen LogP contribution in [0.4, 0.5) is 0 Å². The summed E-state index contributed by atoms with van der Waals surface area (Å²) in [5.74, 6) is 0.617. The van der Waals surface area contributed by atoms with Gasteiger partial charge in [-0.05, 0) is 35.2 Å². The summed E-state index contributed by atoms with van der Waals surface area (Å²) in [6, 6.07) is 11.3. The maximum absolute atomic E-state index is 12.9. The highest BCUT2D eigenvalue weighted by atomic mass is 32.1. The number of pyridine rings is 2. The van der Waals surface area contributed by atoms with Crippen LogP contribution in [0.5, 0.6) is 0 Å². The van der Waals surface area contributed by atoms with Crippen LogP contribution in [0.25, 0.3) is 16.4 Å². The minimum atomic E-state index is -0.199. The van der Waals surface area contributed by atoms with Gasteiger partial charge in [-0.2, -0.15) is 0 Å². The fourth-order valence-corrected chi connectivity index (χ4v) is 3.16. The van der Waals surface area contributed by atoms with Gasteiger partial charge >= 0.3 is 5.69 Å². The quantitative estimate of drug-likeness (QED) is 0.575. The first-order valence-corrected chi connectivity index (χ1v) is 8.24. The van der Waals surface area contributed by atoms with Gasteiger partial charge in [0.25, 0.3) is 0 Å². The molecule has 0 atom stereocenters. The van der Waals surface area contributed by atoms with Crippen LogP contribution in [0.15, 0.2) is 71.4 Å². The number of hydrogen-bond donors (Lipinski definition) is 0. The number of aromatic nitrogens is 5. The Morgan fingerprint density at radius 2 is 1.83 bits per heavy atom. The third-order valence-electron chi connectivity index (χ3n) is 3.54.